The second-order valence-electron chi connectivity index (χ2n) is 5.43. The van der Waals surface area contributed by atoms with E-state index in [1.54, 1.807) is 0 Å². The van der Waals surface area contributed by atoms with Gasteiger partial charge in [0, 0.05) is 25.0 Å². The van der Waals surface area contributed by atoms with E-state index < -0.39 is 0 Å². The molecule has 1 fully saturated rings. The maximum Gasteiger partial charge on any atom is 0.274 e. The molecule has 1 aliphatic rings. The number of amides is 1. The summed E-state index contributed by atoms with van der Waals surface area (Å²) in [6.45, 7) is 5.47. The fourth-order valence-electron chi connectivity index (χ4n) is 2.33. The Kier molecular flexibility index (Phi) is 6.84. The molecule has 0 radical (unpaired) electrons. The van der Waals surface area contributed by atoms with Crippen LogP contribution >= 0.6 is 24.0 Å². The summed E-state index contributed by atoms with van der Waals surface area (Å²) in [6, 6.07) is 0.492. The Bertz CT molecular complexity index is 488. The summed E-state index contributed by atoms with van der Waals surface area (Å²) in [7, 11) is 1.96. The largest absolute Gasteiger partial charge is 0.337 e. The van der Waals surface area contributed by atoms with Gasteiger partial charge in [0.25, 0.3) is 5.91 Å². The summed E-state index contributed by atoms with van der Waals surface area (Å²) in [6.07, 6.45) is 3.45. The van der Waals surface area contributed by atoms with E-state index in [1.807, 2.05) is 25.8 Å². The number of carbonyl (C=O) groups excluding carboxylic acids is 1. The van der Waals surface area contributed by atoms with Crippen molar-refractivity contribution in [2.45, 2.75) is 38.6 Å². The summed E-state index contributed by atoms with van der Waals surface area (Å²) >= 11 is 6.09. The van der Waals surface area contributed by atoms with Crippen molar-refractivity contribution >= 4 is 29.9 Å². The summed E-state index contributed by atoms with van der Waals surface area (Å²) in [4.78, 5) is 22.9. The van der Waals surface area contributed by atoms with Crippen molar-refractivity contribution in [3.05, 3.63) is 22.7 Å². The lowest BCUT2D eigenvalue weighted by Crippen LogP contribution is -2.44. The molecule has 0 aliphatic carbocycles. The van der Waals surface area contributed by atoms with Gasteiger partial charge in [0.15, 0.2) is 5.69 Å². The number of aromatic nitrogens is 2. The standard InChI is InChI=1S/C14H21ClN4O.ClH/c1-9(2)13-17-8-11(15)12(18-13)14(20)19-6-4-10(16-3)5-7-19;/h8-10,16H,4-7H2,1-3H3;1H. The molecule has 1 amide bonds. The smallest absolute Gasteiger partial charge is 0.274 e. The van der Waals surface area contributed by atoms with E-state index in [0.29, 0.717) is 22.6 Å². The van der Waals surface area contributed by atoms with Gasteiger partial charge in [-0.2, -0.15) is 0 Å². The van der Waals surface area contributed by atoms with Crippen LogP contribution in [0.15, 0.2) is 6.20 Å². The molecule has 1 N–H and O–H groups in total. The van der Waals surface area contributed by atoms with Gasteiger partial charge in [0.1, 0.15) is 5.82 Å². The maximum absolute atomic E-state index is 12.5. The predicted octanol–water partition coefficient (Wildman–Crippen LogP) is 2.50. The predicted molar refractivity (Wildman–Crippen MR) is 86.4 cm³/mol. The minimum Gasteiger partial charge on any atom is -0.337 e. The summed E-state index contributed by atoms with van der Waals surface area (Å²) in [5.41, 5.74) is 0.327. The van der Waals surface area contributed by atoms with Gasteiger partial charge in [-0.25, -0.2) is 9.97 Å². The Morgan fingerprint density at radius 1 is 1.43 bits per heavy atom. The molecule has 2 rings (SSSR count). The van der Waals surface area contributed by atoms with Crippen LogP contribution in [-0.2, 0) is 0 Å². The zero-order valence-electron chi connectivity index (χ0n) is 12.6. The fourth-order valence-corrected chi connectivity index (χ4v) is 2.50. The number of nitrogens with zero attached hydrogens (tertiary/aromatic N) is 3. The molecule has 1 aliphatic heterocycles. The molecule has 2 heterocycles. The van der Waals surface area contributed by atoms with E-state index in [-0.39, 0.29) is 24.2 Å². The van der Waals surface area contributed by atoms with Crippen molar-refractivity contribution in [1.29, 1.82) is 0 Å². The number of rotatable bonds is 3. The van der Waals surface area contributed by atoms with Crippen LogP contribution in [0.4, 0.5) is 0 Å². The first kappa shape index (κ1) is 18.1. The number of hydrogen-bond acceptors (Lipinski definition) is 4. The summed E-state index contributed by atoms with van der Waals surface area (Å²) < 4.78 is 0. The summed E-state index contributed by atoms with van der Waals surface area (Å²) in [5, 5.41) is 3.58. The number of nitrogens with one attached hydrogen (secondary N) is 1. The number of carbonyl (C=O) groups is 1. The lowest BCUT2D eigenvalue weighted by molar-refractivity contribution is 0.0701. The van der Waals surface area contributed by atoms with Gasteiger partial charge in [-0.15, -0.1) is 12.4 Å². The van der Waals surface area contributed by atoms with E-state index in [0.717, 1.165) is 25.9 Å². The number of hydrogen-bond donors (Lipinski definition) is 1. The SMILES string of the molecule is CNC1CCN(C(=O)c2nc(C(C)C)ncc2Cl)CC1.Cl. The maximum atomic E-state index is 12.5. The average Bonchev–Trinajstić information content (AvgIpc) is 2.47. The molecule has 5 nitrogen and oxygen atoms in total. The lowest BCUT2D eigenvalue weighted by Gasteiger charge is -2.31. The van der Waals surface area contributed by atoms with E-state index in [2.05, 4.69) is 15.3 Å². The normalized spacial score (nSPS) is 16.0. The Hall–Kier alpha value is -0.910. The minimum absolute atomic E-state index is 0. The number of halogens is 2. The van der Waals surface area contributed by atoms with Crippen molar-refractivity contribution in [2.75, 3.05) is 20.1 Å². The van der Waals surface area contributed by atoms with E-state index in [4.69, 9.17) is 11.6 Å². The quantitative estimate of drug-likeness (QED) is 0.923. The molecule has 0 unspecified atom stereocenters. The monoisotopic (exact) mass is 332 g/mol. The highest BCUT2D eigenvalue weighted by molar-refractivity contribution is 6.33. The van der Waals surface area contributed by atoms with Crippen LogP contribution in [-0.4, -0.2) is 47.0 Å². The topological polar surface area (TPSA) is 58.1 Å². The molecule has 1 aromatic heterocycles. The average molecular weight is 333 g/mol. The Labute approximate surface area is 136 Å². The second kappa shape index (κ2) is 7.92. The van der Waals surface area contributed by atoms with Gasteiger partial charge in [-0.05, 0) is 19.9 Å². The van der Waals surface area contributed by atoms with Gasteiger partial charge >= 0.3 is 0 Å². The highest BCUT2D eigenvalue weighted by atomic mass is 35.5. The molecule has 0 spiro atoms. The Morgan fingerprint density at radius 3 is 2.57 bits per heavy atom. The molecule has 0 bridgehead atoms. The summed E-state index contributed by atoms with van der Waals surface area (Å²) in [5.74, 6) is 0.741. The van der Waals surface area contributed by atoms with Crippen LogP contribution in [0.1, 0.15) is 48.9 Å². The first-order valence-corrected chi connectivity index (χ1v) is 7.39. The van der Waals surface area contributed by atoms with Gasteiger partial charge < -0.3 is 10.2 Å². The molecular formula is C14H22Cl2N4O. The zero-order chi connectivity index (χ0) is 14.7. The third kappa shape index (κ3) is 4.28. The van der Waals surface area contributed by atoms with Crippen LogP contribution < -0.4 is 5.32 Å². The van der Waals surface area contributed by atoms with Crippen molar-refractivity contribution in [2.24, 2.45) is 0 Å². The highest BCUT2D eigenvalue weighted by Crippen LogP contribution is 2.20. The Morgan fingerprint density at radius 2 is 2.05 bits per heavy atom. The third-order valence-electron chi connectivity index (χ3n) is 3.67. The molecule has 1 aromatic rings. The van der Waals surface area contributed by atoms with Crippen LogP contribution in [0.5, 0.6) is 0 Å². The zero-order valence-corrected chi connectivity index (χ0v) is 14.2. The van der Waals surface area contributed by atoms with Crippen LogP contribution in [0.2, 0.25) is 5.02 Å². The van der Waals surface area contributed by atoms with Crippen LogP contribution in [0.3, 0.4) is 0 Å². The lowest BCUT2D eigenvalue weighted by atomic mass is 10.1. The number of piperidine rings is 1. The minimum atomic E-state index is -0.0890. The molecule has 21 heavy (non-hydrogen) atoms. The molecule has 1 saturated heterocycles. The third-order valence-corrected chi connectivity index (χ3v) is 3.95. The van der Waals surface area contributed by atoms with Crippen molar-refractivity contribution in [1.82, 2.24) is 20.2 Å². The van der Waals surface area contributed by atoms with Crippen molar-refractivity contribution in [3.8, 4) is 0 Å². The van der Waals surface area contributed by atoms with E-state index in [1.165, 1.54) is 6.20 Å². The molecule has 0 aromatic carbocycles. The molecular weight excluding hydrogens is 311 g/mol. The van der Waals surface area contributed by atoms with Gasteiger partial charge in [-0.3, -0.25) is 4.79 Å². The molecule has 0 atom stereocenters. The molecule has 118 valence electrons. The van der Waals surface area contributed by atoms with Gasteiger partial charge in [0.2, 0.25) is 0 Å². The van der Waals surface area contributed by atoms with Gasteiger partial charge in [0.05, 0.1) is 11.2 Å². The second-order valence-corrected chi connectivity index (χ2v) is 5.84. The van der Waals surface area contributed by atoms with Crippen molar-refractivity contribution < 1.29 is 4.79 Å². The Balaban J connectivity index is 0.00000220. The van der Waals surface area contributed by atoms with Gasteiger partial charge in [-0.1, -0.05) is 25.4 Å². The first-order chi connectivity index (χ1) is 9.52. The fraction of sp³-hybridized carbons (Fsp3) is 0.643. The van der Waals surface area contributed by atoms with Crippen molar-refractivity contribution in [3.63, 3.8) is 0 Å². The molecule has 0 saturated carbocycles. The first-order valence-electron chi connectivity index (χ1n) is 7.02. The highest BCUT2D eigenvalue weighted by Gasteiger charge is 2.25. The van der Waals surface area contributed by atoms with Crippen LogP contribution in [0, 0.1) is 0 Å². The van der Waals surface area contributed by atoms with E-state index >= 15 is 0 Å². The van der Waals surface area contributed by atoms with E-state index in [9.17, 15) is 4.79 Å². The molecule has 7 heteroatoms. The van der Waals surface area contributed by atoms with Crippen LogP contribution in [0.25, 0.3) is 0 Å². The number of likely N-dealkylation sites (tertiary alicyclic amines) is 1.